The number of ether oxygens (including phenoxy) is 2. The molecule has 0 saturated carbocycles. The number of methoxy groups -OCH3 is 2. The molecule has 0 radical (unpaired) electrons. The second-order valence-electron chi connectivity index (χ2n) is 7.27. The summed E-state index contributed by atoms with van der Waals surface area (Å²) < 4.78 is 9.85. The van der Waals surface area contributed by atoms with Gasteiger partial charge >= 0.3 is 11.9 Å². The van der Waals surface area contributed by atoms with Gasteiger partial charge in [-0.05, 0) is 31.2 Å². The molecule has 2 heterocycles. The van der Waals surface area contributed by atoms with Crippen molar-refractivity contribution < 1.29 is 19.1 Å². The van der Waals surface area contributed by atoms with Gasteiger partial charge in [0.15, 0.2) is 0 Å². The highest BCUT2D eigenvalue weighted by molar-refractivity contribution is 7.13. The van der Waals surface area contributed by atoms with Crippen LogP contribution in [0.5, 0.6) is 0 Å². The number of allylic oxidation sites excluding steroid dienone is 2. The summed E-state index contributed by atoms with van der Waals surface area (Å²) in [5.41, 5.74) is 4.91. The van der Waals surface area contributed by atoms with E-state index in [9.17, 15) is 9.59 Å². The summed E-state index contributed by atoms with van der Waals surface area (Å²) in [7, 11) is 2.55. The topological polar surface area (TPSA) is 68.7 Å². The number of benzene rings is 2. The lowest BCUT2D eigenvalue weighted by molar-refractivity contribution is -0.139. The normalized spacial score (nSPS) is 13.1. The van der Waals surface area contributed by atoms with Crippen LogP contribution in [-0.4, -0.2) is 31.1 Å². The highest BCUT2D eigenvalue weighted by atomic mass is 32.1. The average Bonchev–Trinajstić information content (AvgIpc) is 3.23. The van der Waals surface area contributed by atoms with Gasteiger partial charge in [0.2, 0.25) is 0 Å². The number of thiazole rings is 1. The van der Waals surface area contributed by atoms with E-state index >= 15 is 0 Å². The van der Waals surface area contributed by atoms with Crippen molar-refractivity contribution in [2.24, 2.45) is 0 Å². The molecular weight excluding hydrogens is 436 g/mol. The number of hydrogen-bond donors (Lipinski definition) is 0. The predicted molar refractivity (Wildman–Crippen MR) is 130 cm³/mol. The zero-order valence-electron chi connectivity index (χ0n) is 18.4. The van der Waals surface area contributed by atoms with Crippen molar-refractivity contribution >= 4 is 29.0 Å². The Morgan fingerprint density at radius 3 is 2.42 bits per heavy atom. The summed E-state index contributed by atoms with van der Waals surface area (Å²) >= 11 is 1.54. The Kier molecular flexibility index (Phi) is 6.51. The molecule has 0 aliphatic carbocycles. The third kappa shape index (κ3) is 4.63. The molecule has 1 aliphatic heterocycles. The van der Waals surface area contributed by atoms with Gasteiger partial charge in [0, 0.05) is 28.4 Å². The molecule has 1 aliphatic rings. The van der Waals surface area contributed by atoms with Crippen LogP contribution in [-0.2, 0) is 19.1 Å². The maximum absolute atomic E-state index is 12.7. The molecule has 0 bridgehead atoms. The minimum atomic E-state index is -0.645. The van der Waals surface area contributed by atoms with Crippen molar-refractivity contribution in [3.8, 4) is 21.8 Å². The van der Waals surface area contributed by atoms with Gasteiger partial charge in [-0.25, -0.2) is 14.6 Å². The van der Waals surface area contributed by atoms with E-state index < -0.39 is 11.9 Å². The largest absolute Gasteiger partial charge is 0.465 e. The van der Waals surface area contributed by atoms with Crippen molar-refractivity contribution in [1.29, 1.82) is 0 Å². The third-order valence-corrected chi connectivity index (χ3v) is 6.00. The fourth-order valence-corrected chi connectivity index (χ4v) is 4.24. The van der Waals surface area contributed by atoms with Gasteiger partial charge in [-0.1, -0.05) is 48.0 Å². The fourth-order valence-electron chi connectivity index (χ4n) is 3.42. The van der Waals surface area contributed by atoms with Crippen LogP contribution in [0.15, 0.2) is 89.6 Å². The van der Waals surface area contributed by atoms with Gasteiger partial charge in [-0.15, -0.1) is 11.3 Å². The molecule has 0 fully saturated rings. The Labute approximate surface area is 196 Å². The average molecular weight is 459 g/mol. The first kappa shape index (κ1) is 22.2. The van der Waals surface area contributed by atoms with Crippen LogP contribution in [0.1, 0.15) is 5.56 Å². The Bertz CT molecular complexity index is 1290. The quantitative estimate of drug-likeness (QED) is 0.485. The van der Waals surface area contributed by atoms with Crippen molar-refractivity contribution in [3.63, 3.8) is 0 Å². The number of esters is 2. The molecule has 0 N–H and O–H groups in total. The van der Waals surface area contributed by atoms with Crippen LogP contribution >= 0.6 is 11.3 Å². The number of aryl methyl sites for hydroxylation is 1. The van der Waals surface area contributed by atoms with Gasteiger partial charge in [0.05, 0.1) is 25.5 Å². The minimum absolute atomic E-state index is 0.0750. The van der Waals surface area contributed by atoms with Gasteiger partial charge < -0.3 is 14.4 Å². The lowest BCUT2D eigenvalue weighted by Gasteiger charge is -2.23. The van der Waals surface area contributed by atoms with Crippen LogP contribution in [0.25, 0.3) is 21.8 Å². The zero-order valence-corrected chi connectivity index (χ0v) is 19.3. The summed E-state index contributed by atoms with van der Waals surface area (Å²) in [5, 5.41) is 2.87. The van der Waals surface area contributed by atoms with E-state index in [1.165, 1.54) is 25.9 Å². The summed E-state index contributed by atoms with van der Waals surface area (Å²) in [6, 6.07) is 15.9. The number of rotatable bonds is 5. The number of anilines is 1. The minimum Gasteiger partial charge on any atom is -0.465 e. The zero-order chi connectivity index (χ0) is 23.4. The van der Waals surface area contributed by atoms with Gasteiger partial charge in [0.25, 0.3) is 0 Å². The molecule has 0 unspecified atom stereocenters. The molecule has 3 aromatic rings. The smallest absolute Gasteiger partial charge is 0.355 e. The number of aromatic nitrogens is 1. The lowest BCUT2D eigenvalue weighted by atomic mass is 10.1. The van der Waals surface area contributed by atoms with E-state index in [2.05, 4.69) is 31.2 Å². The molecular formula is C26H22N2O4S. The fraction of sp³-hybridized carbons (Fsp3) is 0.115. The molecule has 0 atom stereocenters. The lowest BCUT2D eigenvalue weighted by Crippen LogP contribution is -2.26. The van der Waals surface area contributed by atoms with Crippen LogP contribution in [0.2, 0.25) is 0 Å². The molecule has 0 amide bonds. The Hall–Kier alpha value is -3.97. The number of hydrogen-bond acceptors (Lipinski definition) is 7. The molecule has 1 aromatic heterocycles. The summed E-state index contributed by atoms with van der Waals surface area (Å²) in [4.78, 5) is 31.5. The first-order valence-corrected chi connectivity index (χ1v) is 11.1. The maximum atomic E-state index is 12.7. The van der Waals surface area contributed by atoms with E-state index in [0.717, 1.165) is 21.8 Å². The Morgan fingerprint density at radius 1 is 0.939 bits per heavy atom. The number of carbonyl (C=O) groups is 2. The summed E-state index contributed by atoms with van der Waals surface area (Å²) in [6.45, 7) is 2.05. The number of nitrogens with zero attached hydrogens (tertiary/aromatic N) is 2. The summed E-state index contributed by atoms with van der Waals surface area (Å²) in [6.07, 6.45) is 6.66. The van der Waals surface area contributed by atoms with Crippen molar-refractivity contribution in [1.82, 2.24) is 4.98 Å². The molecule has 0 spiro atoms. The van der Waals surface area contributed by atoms with Crippen molar-refractivity contribution in [2.75, 3.05) is 19.1 Å². The monoisotopic (exact) mass is 458 g/mol. The molecule has 2 aromatic carbocycles. The highest BCUT2D eigenvalue weighted by Crippen LogP contribution is 2.33. The van der Waals surface area contributed by atoms with E-state index in [1.807, 2.05) is 29.6 Å². The van der Waals surface area contributed by atoms with Crippen molar-refractivity contribution in [2.45, 2.75) is 6.92 Å². The van der Waals surface area contributed by atoms with Gasteiger partial charge in [0.1, 0.15) is 10.7 Å². The third-order valence-electron chi connectivity index (χ3n) is 5.11. The second-order valence-corrected chi connectivity index (χ2v) is 8.13. The number of carbonyl (C=O) groups excluding carboxylic acids is 2. The second kappa shape index (κ2) is 9.67. The van der Waals surface area contributed by atoms with Gasteiger partial charge in [-0.3, -0.25) is 0 Å². The van der Waals surface area contributed by atoms with E-state index in [4.69, 9.17) is 14.5 Å². The van der Waals surface area contributed by atoms with E-state index in [1.54, 1.807) is 34.6 Å². The highest BCUT2D eigenvalue weighted by Gasteiger charge is 2.27. The Balaban J connectivity index is 1.74. The molecule has 33 heavy (non-hydrogen) atoms. The molecule has 7 heteroatoms. The predicted octanol–water partition coefficient (Wildman–Crippen LogP) is 5.28. The van der Waals surface area contributed by atoms with Crippen molar-refractivity contribution in [3.05, 3.63) is 95.2 Å². The molecule has 4 rings (SSSR count). The standard InChI is InChI=1S/C26H22N2O4S/c1-17-10-12-18(13-11-17)22-16-33-24(27-22)19-7-6-8-20(15-19)28-14-5-4-9-21(25(29)31-2)23(28)26(30)32-3/h4-16H,1-3H3. The molecule has 166 valence electrons. The van der Waals surface area contributed by atoms with Crippen LogP contribution in [0.4, 0.5) is 5.69 Å². The molecule has 0 saturated heterocycles. The van der Waals surface area contributed by atoms with E-state index in [0.29, 0.717) is 5.69 Å². The molecule has 6 nitrogen and oxygen atoms in total. The van der Waals surface area contributed by atoms with Gasteiger partial charge in [-0.2, -0.15) is 0 Å². The van der Waals surface area contributed by atoms with Crippen LogP contribution in [0.3, 0.4) is 0 Å². The maximum Gasteiger partial charge on any atom is 0.355 e. The first-order chi connectivity index (χ1) is 16.0. The van der Waals surface area contributed by atoms with Crippen LogP contribution in [0, 0.1) is 6.92 Å². The van der Waals surface area contributed by atoms with Crippen LogP contribution < -0.4 is 4.90 Å². The van der Waals surface area contributed by atoms with E-state index in [-0.39, 0.29) is 11.3 Å². The first-order valence-electron chi connectivity index (χ1n) is 10.2. The summed E-state index contributed by atoms with van der Waals surface area (Å²) in [5.74, 6) is -1.27. The SMILES string of the molecule is COC(=O)C1=C(C(=O)OC)N(c2cccc(-c3nc(-c4ccc(C)cc4)cs3)c2)C=CC=C1. The Morgan fingerprint density at radius 2 is 1.70 bits per heavy atom.